The van der Waals surface area contributed by atoms with E-state index in [1.165, 1.54) is 0 Å². The summed E-state index contributed by atoms with van der Waals surface area (Å²) in [4.78, 5) is 0. The highest BCUT2D eigenvalue weighted by atomic mass is 79.9. The Morgan fingerprint density at radius 2 is 2.04 bits per heavy atom. The van der Waals surface area contributed by atoms with Crippen molar-refractivity contribution >= 4 is 39.1 Å². The number of aromatic nitrogens is 3. The molecule has 2 heterocycles. The number of anilines is 1. The van der Waals surface area contributed by atoms with Gasteiger partial charge in [0.1, 0.15) is 5.75 Å². The van der Waals surface area contributed by atoms with E-state index in [0.29, 0.717) is 6.54 Å². The lowest BCUT2D eigenvalue weighted by molar-refractivity contribution is 0.415. The lowest BCUT2D eigenvalue weighted by Gasteiger charge is -2.14. The molecule has 0 bridgehead atoms. The molecule has 2 aromatic carbocycles. The first-order chi connectivity index (χ1) is 12.7. The molecule has 0 fully saturated rings. The topological polar surface area (TPSA) is 64.3 Å². The third-order valence-corrected chi connectivity index (χ3v) is 5.39. The summed E-state index contributed by atoms with van der Waals surface area (Å²) in [5, 5.41) is 17.4. The lowest BCUT2D eigenvalue weighted by atomic mass is 10.1. The van der Waals surface area contributed by atoms with Crippen molar-refractivity contribution in [3.8, 4) is 5.75 Å². The second-order valence-electron chi connectivity index (χ2n) is 5.64. The fraction of sp³-hybridized carbons (Fsp3) is 0.167. The van der Waals surface area contributed by atoms with E-state index in [1.54, 1.807) is 18.9 Å². The molecule has 0 spiro atoms. The molecule has 132 valence electrons. The summed E-state index contributed by atoms with van der Waals surface area (Å²) in [6, 6.07) is 16.0. The number of rotatable bonds is 5. The number of methoxy groups -OCH3 is 1. The SMILES string of the molecule is COc1cccc(NCc2nnc3n2N=C(c2ccc(Br)cc2)CS3)c1. The zero-order valence-corrected chi connectivity index (χ0v) is 16.4. The van der Waals surface area contributed by atoms with Crippen molar-refractivity contribution in [1.82, 2.24) is 14.9 Å². The first-order valence-corrected chi connectivity index (χ1v) is 9.79. The Hall–Kier alpha value is -2.32. The summed E-state index contributed by atoms with van der Waals surface area (Å²) in [6.45, 7) is 0.526. The highest BCUT2D eigenvalue weighted by Gasteiger charge is 2.19. The molecule has 6 nitrogen and oxygen atoms in total. The van der Waals surface area contributed by atoms with Crippen molar-refractivity contribution in [2.45, 2.75) is 11.7 Å². The average molecular weight is 430 g/mol. The smallest absolute Gasteiger partial charge is 0.212 e. The van der Waals surface area contributed by atoms with Crippen molar-refractivity contribution in [1.29, 1.82) is 0 Å². The van der Waals surface area contributed by atoms with E-state index in [-0.39, 0.29) is 0 Å². The highest BCUT2D eigenvalue weighted by Crippen LogP contribution is 2.25. The monoisotopic (exact) mass is 429 g/mol. The average Bonchev–Trinajstić information content (AvgIpc) is 3.09. The van der Waals surface area contributed by atoms with Gasteiger partial charge in [-0.2, -0.15) is 9.78 Å². The van der Waals surface area contributed by atoms with Crippen LogP contribution >= 0.6 is 27.7 Å². The first-order valence-electron chi connectivity index (χ1n) is 8.02. The Bertz CT molecular complexity index is 954. The zero-order valence-electron chi connectivity index (χ0n) is 14.0. The van der Waals surface area contributed by atoms with Gasteiger partial charge in [0.2, 0.25) is 5.16 Å². The van der Waals surface area contributed by atoms with E-state index in [9.17, 15) is 0 Å². The minimum Gasteiger partial charge on any atom is -0.497 e. The van der Waals surface area contributed by atoms with Crippen molar-refractivity contribution in [2.75, 3.05) is 18.2 Å². The number of ether oxygens (including phenoxy) is 1. The normalized spacial score (nSPS) is 13.1. The molecule has 0 saturated heterocycles. The van der Waals surface area contributed by atoms with E-state index in [2.05, 4.69) is 43.6 Å². The Kier molecular flexibility index (Phi) is 4.94. The molecular weight excluding hydrogens is 414 g/mol. The lowest BCUT2D eigenvalue weighted by Crippen LogP contribution is -2.15. The molecule has 1 aliphatic heterocycles. The predicted molar refractivity (Wildman–Crippen MR) is 107 cm³/mol. The summed E-state index contributed by atoms with van der Waals surface area (Å²) in [5.41, 5.74) is 3.08. The molecule has 1 aromatic heterocycles. The fourth-order valence-electron chi connectivity index (χ4n) is 2.58. The molecule has 0 unspecified atom stereocenters. The van der Waals surface area contributed by atoms with Crippen molar-refractivity contribution < 1.29 is 4.74 Å². The van der Waals surface area contributed by atoms with E-state index >= 15 is 0 Å². The maximum Gasteiger partial charge on any atom is 0.212 e. The predicted octanol–water partition coefficient (Wildman–Crippen LogP) is 4.02. The van der Waals surface area contributed by atoms with Crippen LogP contribution in [0, 0.1) is 0 Å². The molecule has 8 heteroatoms. The summed E-state index contributed by atoms with van der Waals surface area (Å²) < 4.78 is 8.12. The van der Waals surface area contributed by atoms with Crippen LogP contribution in [0.4, 0.5) is 5.69 Å². The zero-order chi connectivity index (χ0) is 17.9. The van der Waals surface area contributed by atoms with E-state index in [0.717, 1.165) is 43.9 Å². The Morgan fingerprint density at radius 1 is 1.19 bits per heavy atom. The van der Waals surface area contributed by atoms with Crippen LogP contribution in [0.2, 0.25) is 0 Å². The van der Waals surface area contributed by atoms with E-state index in [4.69, 9.17) is 9.84 Å². The number of nitrogens with one attached hydrogen (secondary N) is 1. The van der Waals surface area contributed by atoms with Crippen LogP contribution in [-0.2, 0) is 6.54 Å². The van der Waals surface area contributed by atoms with Gasteiger partial charge in [-0.25, -0.2) is 0 Å². The van der Waals surface area contributed by atoms with E-state index in [1.807, 2.05) is 41.1 Å². The van der Waals surface area contributed by atoms with Crippen LogP contribution in [0.25, 0.3) is 0 Å². The number of nitrogens with zero attached hydrogens (tertiary/aromatic N) is 4. The molecule has 0 aliphatic carbocycles. The number of hydrogen-bond donors (Lipinski definition) is 1. The maximum atomic E-state index is 5.25. The summed E-state index contributed by atoms with van der Waals surface area (Å²) >= 11 is 5.11. The second-order valence-corrected chi connectivity index (χ2v) is 7.50. The minimum absolute atomic E-state index is 0.526. The minimum atomic E-state index is 0.526. The molecule has 0 atom stereocenters. The fourth-order valence-corrected chi connectivity index (χ4v) is 3.70. The maximum absolute atomic E-state index is 5.25. The quantitative estimate of drug-likeness (QED) is 0.663. The van der Waals surface area contributed by atoms with Crippen LogP contribution < -0.4 is 10.1 Å². The van der Waals surface area contributed by atoms with Gasteiger partial charge in [0.05, 0.1) is 19.4 Å². The molecule has 0 saturated carbocycles. The standard InChI is InChI=1S/C18H16BrN5OS/c1-25-15-4-2-3-14(9-15)20-10-17-21-22-18-24(17)23-16(11-26-18)12-5-7-13(19)8-6-12/h2-9,20H,10-11H2,1H3. The van der Waals surface area contributed by atoms with Gasteiger partial charge < -0.3 is 10.1 Å². The molecule has 0 amide bonds. The van der Waals surface area contributed by atoms with Gasteiger partial charge in [-0.1, -0.05) is 45.9 Å². The molecule has 4 rings (SSSR count). The number of fused-ring (bicyclic) bond motifs is 1. The van der Waals surface area contributed by atoms with Gasteiger partial charge in [0, 0.05) is 22.0 Å². The number of thioether (sulfide) groups is 1. The largest absolute Gasteiger partial charge is 0.497 e. The van der Waals surface area contributed by atoms with Gasteiger partial charge >= 0.3 is 0 Å². The van der Waals surface area contributed by atoms with Crippen LogP contribution in [0.1, 0.15) is 11.4 Å². The van der Waals surface area contributed by atoms with E-state index < -0.39 is 0 Å². The molecule has 0 radical (unpaired) electrons. The molecule has 1 aliphatic rings. The van der Waals surface area contributed by atoms with Gasteiger partial charge in [-0.15, -0.1) is 10.2 Å². The molecule has 26 heavy (non-hydrogen) atoms. The van der Waals surface area contributed by atoms with Crippen LogP contribution in [0.15, 0.2) is 63.3 Å². The van der Waals surface area contributed by atoms with Gasteiger partial charge in [0.15, 0.2) is 5.82 Å². The van der Waals surface area contributed by atoms with Crippen molar-refractivity contribution in [2.24, 2.45) is 5.10 Å². The Balaban J connectivity index is 1.55. The van der Waals surface area contributed by atoms with Crippen LogP contribution in [0.5, 0.6) is 5.75 Å². The van der Waals surface area contributed by atoms with Crippen LogP contribution in [-0.4, -0.2) is 33.4 Å². The van der Waals surface area contributed by atoms with Gasteiger partial charge in [-0.3, -0.25) is 0 Å². The summed E-state index contributed by atoms with van der Waals surface area (Å²) in [6.07, 6.45) is 0. The summed E-state index contributed by atoms with van der Waals surface area (Å²) in [7, 11) is 1.66. The highest BCUT2D eigenvalue weighted by molar-refractivity contribution is 9.10. The van der Waals surface area contributed by atoms with Gasteiger partial charge in [0.25, 0.3) is 0 Å². The third-order valence-electron chi connectivity index (χ3n) is 3.93. The number of benzene rings is 2. The number of halogens is 1. The van der Waals surface area contributed by atoms with Gasteiger partial charge in [-0.05, 0) is 29.8 Å². The number of hydrogen-bond acceptors (Lipinski definition) is 6. The van der Waals surface area contributed by atoms with Crippen LogP contribution in [0.3, 0.4) is 0 Å². The molecule has 1 N–H and O–H groups in total. The Morgan fingerprint density at radius 3 is 2.85 bits per heavy atom. The third kappa shape index (κ3) is 3.61. The second kappa shape index (κ2) is 7.51. The van der Waals surface area contributed by atoms with Crippen molar-refractivity contribution in [3.63, 3.8) is 0 Å². The molecular formula is C18H16BrN5OS. The first kappa shape index (κ1) is 17.1. The Labute approximate surface area is 163 Å². The van der Waals surface area contributed by atoms with Crippen molar-refractivity contribution in [3.05, 3.63) is 64.4 Å². The summed E-state index contributed by atoms with van der Waals surface area (Å²) in [5.74, 6) is 2.36. The molecule has 3 aromatic rings.